The molecule has 0 aliphatic heterocycles. The largest absolute Gasteiger partial charge is 0.481 e. The Labute approximate surface area is 108 Å². The van der Waals surface area contributed by atoms with Gasteiger partial charge in [0.25, 0.3) is 0 Å². The van der Waals surface area contributed by atoms with Gasteiger partial charge in [-0.2, -0.15) is 0 Å². The van der Waals surface area contributed by atoms with Crippen molar-refractivity contribution in [2.75, 3.05) is 19.0 Å². The molecule has 0 aliphatic carbocycles. The Morgan fingerprint density at radius 2 is 2.17 bits per heavy atom. The number of carbonyl (C=O) groups is 1. The Bertz CT molecular complexity index is 388. The van der Waals surface area contributed by atoms with E-state index in [9.17, 15) is 4.79 Å². The molecule has 1 rings (SSSR count). The molecule has 0 aromatic carbocycles. The van der Waals surface area contributed by atoms with Gasteiger partial charge in [-0.3, -0.25) is 4.79 Å². The first-order chi connectivity index (χ1) is 8.46. The van der Waals surface area contributed by atoms with Crippen LogP contribution in [0.3, 0.4) is 0 Å². The van der Waals surface area contributed by atoms with Gasteiger partial charge in [0, 0.05) is 11.6 Å². The summed E-state index contributed by atoms with van der Waals surface area (Å²) in [4.78, 5) is 15.7. The molecule has 0 bridgehead atoms. The highest BCUT2D eigenvalue weighted by atomic mass is 16.5. The molecule has 1 amide bonds. The third-order valence-corrected chi connectivity index (χ3v) is 2.76. The van der Waals surface area contributed by atoms with Crippen molar-refractivity contribution in [1.82, 2.24) is 10.3 Å². The number of methoxy groups -OCH3 is 1. The topological polar surface area (TPSA) is 63.2 Å². The molecule has 0 aliphatic rings. The van der Waals surface area contributed by atoms with Crippen LogP contribution in [0.5, 0.6) is 5.88 Å². The van der Waals surface area contributed by atoms with Gasteiger partial charge < -0.3 is 15.4 Å². The van der Waals surface area contributed by atoms with Gasteiger partial charge in [-0.15, -0.1) is 0 Å². The molecule has 1 aromatic heterocycles. The van der Waals surface area contributed by atoms with Crippen LogP contribution in [0.2, 0.25) is 0 Å². The Morgan fingerprint density at radius 1 is 1.44 bits per heavy atom. The van der Waals surface area contributed by atoms with E-state index < -0.39 is 0 Å². The zero-order chi connectivity index (χ0) is 13.6. The molecule has 2 N–H and O–H groups in total. The minimum absolute atomic E-state index is 0.0299. The Kier molecular flexibility index (Phi) is 4.95. The van der Waals surface area contributed by atoms with Gasteiger partial charge in [0.1, 0.15) is 0 Å². The lowest BCUT2D eigenvalue weighted by molar-refractivity contribution is -0.121. The third-order valence-electron chi connectivity index (χ3n) is 2.76. The molecule has 0 fully saturated rings. The second-order valence-corrected chi connectivity index (χ2v) is 4.73. The average molecular weight is 251 g/mol. The van der Waals surface area contributed by atoms with Crippen molar-refractivity contribution in [3.8, 4) is 5.88 Å². The number of amides is 1. The molecule has 0 spiro atoms. The molecule has 0 saturated carbocycles. The average Bonchev–Trinajstić information content (AvgIpc) is 2.36. The summed E-state index contributed by atoms with van der Waals surface area (Å²) in [5.74, 6) is 0.523. The van der Waals surface area contributed by atoms with Crippen LogP contribution in [0.25, 0.3) is 0 Å². The van der Waals surface area contributed by atoms with Gasteiger partial charge in [-0.1, -0.05) is 6.92 Å². The molecule has 0 unspecified atom stereocenters. The number of aromatic nitrogens is 1. The van der Waals surface area contributed by atoms with Gasteiger partial charge in [0.05, 0.1) is 25.5 Å². The molecule has 0 radical (unpaired) electrons. The number of nitrogens with zero attached hydrogens (tertiary/aromatic N) is 1. The van der Waals surface area contributed by atoms with E-state index in [2.05, 4.69) is 15.6 Å². The smallest absolute Gasteiger partial charge is 0.239 e. The lowest BCUT2D eigenvalue weighted by Gasteiger charge is -2.24. The van der Waals surface area contributed by atoms with Gasteiger partial charge in [-0.25, -0.2) is 4.98 Å². The summed E-state index contributed by atoms with van der Waals surface area (Å²) in [6.45, 7) is 6.28. The molecule has 5 heteroatoms. The van der Waals surface area contributed by atoms with Crippen LogP contribution in [0.1, 0.15) is 27.2 Å². The second-order valence-electron chi connectivity index (χ2n) is 4.73. The highest BCUT2D eigenvalue weighted by Crippen LogP contribution is 2.11. The van der Waals surface area contributed by atoms with Crippen molar-refractivity contribution in [3.05, 3.63) is 18.3 Å². The molecular weight excluding hydrogens is 230 g/mol. The van der Waals surface area contributed by atoms with Crippen molar-refractivity contribution in [2.24, 2.45) is 0 Å². The number of anilines is 1. The van der Waals surface area contributed by atoms with Gasteiger partial charge in [0.2, 0.25) is 11.8 Å². The fourth-order valence-electron chi connectivity index (χ4n) is 1.30. The van der Waals surface area contributed by atoms with E-state index in [1.807, 2.05) is 26.8 Å². The Balaban J connectivity index is 2.42. The number of rotatable bonds is 6. The fourth-order valence-corrected chi connectivity index (χ4v) is 1.30. The number of pyridine rings is 1. The first-order valence-corrected chi connectivity index (χ1v) is 6.02. The van der Waals surface area contributed by atoms with E-state index in [4.69, 9.17) is 4.74 Å². The minimum Gasteiger partial charge on any atom is -0.481 e. The SMILES string of the molecule is CCC(C)(C)NC(=O)CNc1ccc(OC)nc1. The predicted octanol–water partition coefficient (Wildman–Crippen LogP) is 1.81. The summed E-state index contributed by atoms with van der Waals surface area (Å²) >= 11 is 0. The highest BCUT2D eigenvalue weighted by molar-refractivity contribution is 5.81. The van der Waals surface area contributed by atoms with Gasteiger partial charge >= 0.3 is 0 Å². The third kappa shape index (κ3) is 4.61. The monoisotopic (exact) mass is 251 g/mol. The molecule has 0 atom stereocenters. The van der Waals surface area contributed by atoms with Crippen LogP contribution in [0.4, 0.5) is 5.69 Å². The Morgan fingerprint density at radius 3 is 2.67 bits per heavy atom. The van der Waals surface area contributed by atoms with Crippen LogP contribution in [0.15, 0.2) is 18.3 Å². The normalized spacial score (nSPS) is 10.9. The predicted molar refractivity (Wildman–Crippen MR) is 71.8 cm³/mol. The fraction of sp³-hybridized carbons (Fsp3) is 0.538. The van der Waals surface area contributed by atoms with Crippen molar-refractivity contribution >= 4 is 11.6 Å². The Hall–Kier alpha value is -1.78. The van der Waals surface area contributed by atoms with Crippen LogP contribution < -0.4 is 15.4 Å². The van der Waals surface area contributed by atoms with Crippen LogP contribution in [-0.2, 0) is 4.79 Å². The number of hydrogen-bond acceptors (Lipinski definition) is 4. The van der Waals surface area contributed by atoms with E-state index in [1.54, 1.807) is 19.4 Å². The maximum Gasteiger partial charge on any atom is 0.239 e. The van der Waals surface area contributed by atoms with E-state index in [1.165, 1.54) is 0 Å². The quantitative estimate of drug-likeness (QED) is 0.809. The zero-order valence-corrected chi connectivity index (χ0v) is 11.4. The summed E-state index contributed by atoms with van der Waals surface area (Å²) in [6.07, 6.45) is 2.53. The lowest BCUT2D eigenvalue weighted by Crippen LogP contribution is -2.45. The first-order valence-electron chi connectivity index (χ1n) is 6.02. The molecule has 18 heavy (non-hydrogen) atoms. The van der Waals surface area contributed by atoms with E-state index in [-0.39, 0.29) is 18.0 Å². The standard InChI is InChI=1S/C13H21N3O2/c1-5-13(2,3)16-11(17)9-14-10-6-7-12(18-4)15-8-10/h6-8,14H,5,9H2,1-4H3,(H,16,17). The molecule has 100 valence electrons. The summed E-state index contributed by atoms with van der Waals surface area (Å²) in [5.41, 5.74) is 0.622. The van der Waals surface area contributed by atoms with Crippen molar-refractivity contribution in [1.29, 1.82) is 0 Å². The second kappa shape index (κ2) is 6.23. The van der Waals surface area contributed by atoms with Crippen molar-refractivity contribution in [3.63, 3.8) is 0 Å². The number of nitrogens with one attached hydrogen (secondary N) is 2. The van der Waals surface area contributed by atoms with Gasteiger partial charge in [-0.05, 0) is 26.3 Å². The minimum atomic E-state index is -0.170. The first kappa shape index (κ1) is 14.3. The van der Waals surface area contributed by atoms with E-state index in [0.29, 0.717) is 5.88 Å². The maximum absolute atomic E-state index is 11.7. The molecule has 5 nitrogen and oxygen atoms in total. The van der Waals surface area contributed by atoms with Crippen molar-refractivity contribution in [2.45, 2.75) is 32.7 Å². The van der Waals surface area contributed by atoms with E-state index in [0.717, 1.165) is 12.1 Å². The molecule has 0 saturated heterocycles. The summed E-state index contributed by atoms with van der Waals surface area (Å²) in [6, 6.07) is 3.57. The van der Waals surface area contributed by atoms with Crippen LogP contribution >= 0.6 is 0 Å². The van der Waals surface area contributed by atoms with Crippen LogP contribution in [0, 0.1) is 0 Å². The maximum atomic E-state index is 11.7. The van der Waals surface area contributed by atoms with E-state index >= 15 is 0 Å². The van der Waals surface area contributed by atoms with Crippen LogP contribution in [-0.4, -0.2) is 30.1 Å². The number of carbonyl (C=O) groups excluding carboxylic acids is 1. The summed E-state index contributed by atoms with van der Waals surface area (Å²) in [5, 5.41) is 5.96. The van der Waals surface area contributed by atoms with Crippen molar-refractivity contribution < 1.29 is 9.53 Å². The highest BCUT2D eigenvalue weighted by Gasteiger charge is 2.17. The summed E-state index contributed by atoms with van der Waals surface area (Å²) in [7, 11) is 1.57. The van der Waals surface area contributed by atoms with Gasteiger partial charge in [0.15, 0.2) is 0 Å². The molecule has 1 aromatic rings. The summed E-state index contributed by atoms with van der Waals surface area (Å²) < 4.78 is 4.96. The number of ether oxygens (including phenoxy) is 1. The molecule has 1 heterocycles. The molecular formula is C13H21N3O2. The zero-order valence-electron chi connectivity index (χ0n) is 11.4. The number of hydrogen-bond donors (Lipinski definition) is 2. The lowest BCUT2D eigenvalue weighted by atomic mass is 10.0.